The molecular formula is C26H25ClF3N7. The number of nitrogens with zero attached hydrogens (tertiary/aromatic N) is 6. The quantitative estimate of drug-likeness (QED) is 0.419. The minimum absolute atomic E-state index is 0.0779. The molecule has 192 valence electrons. The highest BCUT2D eigenvalue weighted by Crippen LogP contribution is 2.42. The SMILES string of the molecule is Cc1ccc([C@H]2c3[nH]c4ccc(Cl)cc4c3CCN2c2nc(F)nc(N3CCN(C)CC3)n2)c(F)c1F. The zero-order chi connectivity index (χ0) is 25.8. The molecule has 11 heteroatoms. The van der Waals surface area contributed by atoms with E-state index in [9.17, 15) is 8.78 Å². The van der Waals surface area contributed by atoms with Crippen LogP contribution in [0.3, 0.4) is 0 Å². The summed E-state index contributed by atoms with van der Waals surface area (Å²) in [6.45, 7) is 4.76. The summed E-state index contributed by atoms with van der Waals surface area (Å²) in [5.74, 6) is -1.55. The molecule has 37 heavy (non-hydrogen) atoms. The van der Waals surface area contributed by atoms with Crippen LogP contribution in [0.25, 0.3) is 10.9 Å². The van der Waals surface area contributed by atoms with Gasteiger partial charge in [0.15, 0.2) is 11.6 Å². The molecule has 2 aliphatic rings. The second-order valence-corrected chi connectivity index (χ2v) is 10.1. The van der Waals surface area contributed by atoms with Crippen LogP contribution in [0.1, 0.15) is 28.4 Å². The topological polar surface area (TPSA) is 64.2 Å². The molecule has 0 bridgehead atoms. The Morgan fingerprint density at radius 1 is 0.919 bits per heavy atom. The van der Waals surface area contributed by atoms with Gasteiger partial charge in [-0.2, -0.15) is 19.3 Å². The fourth-order valence-electron chi connectivity index (χ4n) is 5.28. The number of H-pyrrole nitrogens is 1. The van der Waals surface area contributed by atoms with Crippen molar-refractivity contribution in [2.45, 2.75) is 19.4 Å². The van der Waals surface area contributed by atoms with Gasteiger partial charge in [-0.15, -0.1) is 0 Å². The molecule has 1 saturated heterocycles. The van der Waals surface area contributed by atoms with Crippen molar-refractivity contribution in [1.82, 2.24) is 24.8 Å². The van der Waals surface area contributed by atoms with Crippen LogP contribution in [0.15, 0.2) is 30.3 Å². The van der Waals surface area contributed by atoms with Crippen LogP contribution in [0.5, 0.6) is 0 Å². The van der Waals surface area contributed by atoms with Crippen LogP contribution >= 0.6 is 11.6 Å². The van der Waals surface area contributed by atoms with Gasteiger partial charge in [0.1, 0.15) is 6.04 Å². The number of rotatable bonds is 3. The predicted octanol–water partition coefficient (Wildman–Crippen LogP) is 4.64. The fraction of sp³-hybridized carbons (Fsp3) is 0.346. The molecule has 0 unspecified atom stereocenters. The monoisotopic (exact) mass is 527 g/mol. The summed E-state index contributed by atoms with van der Waals surface area (Å²) in [5.41, 5.74) is 2.77. The molecule has 0 aliphatic carbocycles. The van der Waals surface area contributed by atoms with E-state index in [0.717, 1.165) is 29.6 Å². The smallest absolute Gasteiger partial charge is 0.315 e. The van der Waals surface area contributed by atoms with E-state index in [4.69, 9.17) is 11.6 Å². The van der Waals surface area contributed by atoms with E-state index in [1.165, 1.54) is 6.92 Å². The number of hydrogen-bond acceptors (Lipinski definition) is 6. The average molecular weight is 528 g/mol. The largest absolute Gasteiger partial charge is 0.356 e. The van der Waals surface area contributed by atoms with Crippen molar-refractivity contribution >= 4 is 34.4 Å². The molecule has 0 saturated carbocycles. The molecule has 4 heterocycles. The molecule has 4 aromatic rings. The van der Waals surface area contributed by atoms with Crippen molar-refractivity contribution in [2.24, 2.45) is 0 Å². The highest BCUT2D eigenvalue weighted by Gasteiger charge is 2.36. The average Bonchev–Trinajstić information content (AvgIpc) is 3.25. The summed E-state index contributed by atoms with van der Waals surface area (Å²) in [6, 6.07) is 7.79. The summed E-state index contributed by atoms with van der Waals surface area (Å²) < 4.78 is 45.0. The zero-order valence-electron chi connectivity index (χ0n) is 20.4. The Hall–Kier alpha value is -3.37. The molecule has 1 atom stereocenters. The molecule has 0 spiro atoms. The van der Waals surface area contributed by atoms with Crippen LogP contribution < -0.4 is 9.80 Å². The van der Waals surface area contributed by atoms with Crippen molar-refractivity contribution in [3.8, 4) is 0 Å². The van der Waals surface area contributed by atoms with Crippen LogP contribution in [-0.2, 0) is 6.42 Å². The number of benzene rings is 2. The number of halogens is 4. The number of fused-ring (bicyclic) bond motifs is 3. The van der Waals surface area contributed by atoms with Gasteiger partial charge in [0.2, 0.25) is 11.9 Å². The standard InChI is InChI=1S/C26H25ClF3N7/c1-14-3-5-17(21(29)20(14)28)23-22-16(18-13-15(27)4-6-19(18)31-22)7-8-37(23)26-33-24(30)32-25(34-26)36-11-9-35(2)10-12-36/h3-6,13,23,31H,7-12H2,1-2H3/t23-/m0/s1. The maximum atomic E-state index is 15.5. The van der Waals surface area contributed by atoms with Crippen LogP contribution in [0.2, 0.25) is 5.02 Å². The number of aromatic nitrogens is 4. The Morgan fingerprint density at radius 2 is 1.68 bits per heavy atom. The number of anilines is 2. The van der Waals surface area contributed by atoms with Crippen molar-refractivity contribution in [3.05, 3.63) is 75.5 Å². The maximum Gasteiger partial charge on any atom is 0.315 e. The lowest BCUT2D eigenvalue weighted by Gasteiger charge is -2.37. The molecule has 0 radical (unpaired) electrons. The first kappa shape index (κ1) is 24.0. The maximum absolute atomic E-state index is 15.5. The van der Waals surface area contributed by atoms with Gasteiger partial charge in [-0.1, -0.05) is 23.7 Å². The summed E-state index contributed by atoms with van der Waals surface area (Å²) in [6.07, 6.45) is -0.360. The summed E-state index contributed by atoms with van der Waals surface area (Å²) in [7, 11) is 2.02. The van der Waals surface area contributed by atoms with E-state index in [2.05, 4.69) is 24.8 Å². The Kier molecular flexibility index (Phi) is 5.95. The zero-order valence-corrected chi connectivity index (χ0v) is 21.2. The van der Waals surface area contributed by atoms with Gasteiger partial charge in [-0.05, 0) is 49.7 Å². The van der Waals surface area contributed by atoms with Gasteiger partial charge in [0, 0.05) is 59.9 Å². The first-order valence-electron chi connectivity index (χ1n) is 12.2. The lowest BCUT2D eigenvalue weighted by molar-refractivity contribution is 0.310. The number of hydrogen-bond donors (Lipinski definition) is 1. The van der Waals surface area contributed by atoms with Crippen molar-refractivity contribution < 1.29 is 13.2 Å². The van der Waals surface area contributed by atoms with Gasteiger partial charge in [-0.25, -0.2) is 8.78 Å². The minimum Gasteiger partial charge on any atom is -0.356 e. The molecule has 1 fully saturated rings. The molecule has 7 nitrogen and oxygen atoms in total. The van der Waals surface area contributed by atoms with Crippen LogP contribution in [0, 0.1) is 24.6 Å². The second-order valence-electron chi connectivity index (χ2n) is 9.65. The molecule has 6 rings (SSSR count). The molecular weight excluding hydrogens is 503 g/mol. The van der Waals surface area contributed by atoms with Crippen molar-refractivity contribution in [2.75, 3.05) is 49.6 Å². The van der Waals surface area contributed by atoms with Crippen LogP contribution in [-0.4, -0.2) is 64.6 Å². The number of nitrogens with one attached hydrogen (secondary N) is 1. The molecule has 2 aromatic carbocycles. The summed E-state index contributed by atoms with van der Waals surface area (Å²) >= 11 is 6.27. The van der Waals surface area contributed by atoms with Crippen LogP contribution in [0.4, 0.5) is 25.1 Å². The van der Waals surface area contributed by atoms with E-state index in [-0.39, 0.29) is 23.0 Å². The fourth-order valence-corrected chi connectivity index (χ4v) is 5.45. The predicted molar refractivity (Wildman–Crippen MR) is 137 cm³/mol. The van der Waals surface area contributed by atoms with Gasteiger partial charge >= 0.3 is 6.08 Å². The first-order valence-corrected chi connectivity index (χ1v) is 12.5. The Morgan fingerprint density at radius 3 is 2.46 bits per heavy atom. The second kappa shape index (κ2) is 9.18. The molecule has 2 aliphatic heterocycles. The highest BCUT2D eigenvalue weighted by molar-refractivity contribution is 6.31. The minimum atomic E-state index is -0.951. The third-order valence-electron chi connectivity index (χ3n) is 7.32. The number of piperazine rings is 1. The van der Waals surface area contributed by atoms with E-state index < -0.39 is 23.8 Å². The normalized spacial score (nSPS) is 18.5. The van der Waals surface area contributed by atoms with E-state index in [1.54, 1.807) is 23.1 Å². The van der Waals surface area contributed by atoms with Gasteiger partial charge < -0.3 is 19.7 Å². The lowest BCUT2D eigenvalue weighted by Crippen LogP contribution is -2.45. The Balaban J connectivity index is 1.51. The molecule has 0 amide bonds. The molecule has 1 N–H and O–H groups in total. The first-order chi connectivity index (χ1) is 17.8. The van der Waals surface area contributed by atoms with E-state index in [1.807, 2.05) is 24.1 Å². The highest BCUT2D eigenvalue weighted by atomic mass is 35.5. The van der Waals surface area contributed by atoms with Gasteiger partial charge in [-0.3, -0.25) is 0 Å². The molecule has 2 aromatic heterocycles. The summed E-state index contributed by atoms with van der Waals surface area (Å²) in [5, 5.41) is 1.50. The van der Waals surface area contributed by atoms with E-state index >= 15 is 4.39 Å². The summed E-state index contributed by atoms with van der Waals surface area (Å²) in [4.78, 5) is 21.7. The Labute approximate surface area is 216 Å². The van der Waals surface area contributed by atoms with Crippen molar-refractivity contribution in [3.63, 3.8) is 0 Å². The number of likely N-dealkylation sites (N-methyl/N-ethyl adjacent to an activating group) is 1. The van der Waals surface area contributed by atoms with Crippen molar-refractivity contribution in [1.29, 1.82) is 0 Å². The van der Waals surface area contributed by atoms with Gasteiger partial charge in [0.05, 0.1) is 0 Å². The number of aryl methyl sites for hydroxylation is 1. The lowest BCUT2D eigenvalue weighted by atomic mass is 9.91. The third-order valence-corrected chi connectivity index (χ3v) is 7.55. The van der Waals surface area contributed by atoms with Gasteiger partial charge in [0.25, 0.3) is 0 Å². The Bertz CT molecular complexity index is 1500. The number of aromatic amines is 1. The third kappa shape index (κ3) is 4.18. The van der Waals surface area contributed by atoms with E-state index in [0.29, 0.717) is 36.8 Å².